The Morgan fingerprint density at radius 1 is 0.331 bits per heavy atom. The number of aromatic nitrogens is 1. The van der Waals surface area contributed by atoms with Gasteiger partial charge >= 0.3 is 11.9 Å². The van der Waals surface area contributed by atoms with E-state index in [1.807, 2.05) is 12.1 Å². The van der Waals surface area contributed by atoms with E-state index in [1.165, 1.54) is 238 Å². The minimum atomic E-state index is -1.37. The molecule has 0 aliphatic heterocycles. The van der Waals surface area contributed by atoms with Crippen molar-refractivity contribution in [1.82, 2.24) is 4.57 Å². The van der Waals surface area contributed by atoms with Crippen molar-refractivity contribution in [2.75, 3.05) is 4.90 Å². The smallest absolute Gasteiger partial charge is 0.347 e. The lowest BCUT2D eigenvalue weighted by Gasteiger charge is -2.36. The molecule has 3 aliphatic rings. The predicted octanol–water partition coefficient (Wildman–Crippen LogP) is 31.3. The molecule has 15 rings (SSSR count). The summed E-state index contributed by atoms with van der Waals surface area (Å²) in [5, 5.41) is 45.4. The summed E-state index contributed by atoms with van der Waals surface area (Å²) in [6.07, 6.45) is 41.4. The quantitative estimate of drug-likeness (QED) is 0.0221. The first-order chi connectivity index (χ1) is 60.9. The third-order valence-electron chi connectivity index (χ3n) is 27.5. The van der Waals surface area contributed by atoms with Gasteiger partial charge in [-0.3, -0.25) is 0 Å². The van der Waals surface area contributed by atoms with Gasteiger partial charge < -0.3 is 19.7 Å². The van der Waals surface area contributed by atoms with Crippen LogP contribution in [0.3, 0.4) is 0 Å². The molecule has 8 nitrogen and oxygen atoms in total. The Kier molecular flexibility index (Phi) is 29.1. The highest BCUT2D eigenvalue weighted by Gasteiger charge is 2.53. The van der Waals surface area contributed by atoms with E-state index in [9.17, 15) is 30.3 Å². The Balaban J connectivity index is 1.04. The molecule has 0 fully saturated rings. The highest BCUT2D eigenvalue weighted by atomic mass is 16.4. The van der Waals surface area contributed by atoms with Gasteiger partial charge in [0.05, 0.1) is 16.3 Å². The molecule has 0 amide bonds. The van der Waals surface area contributed by atoms with Crippen molar-refractivity contribution in [3.63, 3.8) is 0 Å². The second-order valence-corrected chi connectivity index (χ2v) is 35.7. The molecule has 2 N–H and O–H groups in total. The van der Waals surface area contributed by atoms with Crippen LogP contribution in [-0.4, -0.2) is 26.7 Å². The zero-order valence-corrected chi connectivity index (χ0v) is 74.3. The first kappa shape index (κ1) is 87.3. The van der Waals surface area contributed by atoms with Gasteiger partial charge in [-0.15, -0.1) is 0 Å². The Hall–Kier alpha value is -11.6. The molecule has 3 aliphatic carbocycles. The monoisotopic (exact) mass is 1640 g/mol. The van der Waals surface area contributed by atoms with Crippen molar-refractivity contribution in [3.05, 3.63) is 325 Å². The fourth-order valence-electron chi connectivity index (χ4n) is 20.9. The van der Waals surface area contributed by atoms with Gasteiger partial charge in [0, 0.05) is 45.5 Å². The van der Waals surface area contributed by atoms with E-state index in [-0.39, 0.29) is 5.57 Å². The van der Waals surface area contributed by atoms with Gasteiger partial charge in [0.1, 0.15) is 23.3 Å². The van der Waals surface area contributed by atoms with Crippen LogP contribution in [0, 0.1) is 22.7 Å². The van der Waals surface area contributed by atoms with Gasteiger partial charge in [-0.1, -0.05) is 347 Å². The number of anilines is 3. The molecule has 634 valence electrons. The zero-order valence-electron chi connectivity index (χ0n) is 74.3. The number of hydrogen-bond donors (Lipinski definition) is 2. The molecule has 0 bridgehead atoms. The van der Waals surface area contributed by atoms with Gasteiger partial charge in [-0.2, -0.15) is 10.5 Å². The average molecular weight is 1640 g/mol. The van der Waals surface area contributed by atoms with Crippen LogP contribution in [0.25, 0.3) is 66.8 Å². The first-order valence-corrected chi connectivity index (χ1v) is 47.6. The summed E-state index contributed by atoms with van der Waals surface area (Å²) in [6, 6.07) is 92.0. The third kappa shape index (κ3) is 18.1. The lowest BCUT2D eigenvalue weighted by molar-refractivity contribution is -0.133. The van der Waals surface area contributed by atoms with E-state index in [1.54, 1.807) is 12.1 Å². The number of nitriles is 2. The molecule has 1 heterocycles. The lowest BCUT2D eigenvalue weighted by Crippen LogP contribution is -2.30. The fourth-order valence-corrected chi connectivity index (χ4v) is 20.9. The summed E-state index contributed by atoms with van der Waals surface area (Å²) in [4.78, 5) is 28.9. The maximum absolute atomic E-state index is 14.0. The van der Waals surface area contributed by atoms with Crippen molar-refractivity contribution in [3.8, 4) is 45.5 Å². The molecule has 11 aromatic carbocycles. The lowest BCUT2D eigenvalue weighted by atomic mass is 9.65. The molecule has 0 radical (unpaired) electrons. The summed E-state index contributed by atoms with van der Waals surface area (Å²) in [6.45, 7) is 12.3. The fraction of sp³-hybridized carbons (Fsp3) is 0.362. The summed E-state index contributed by atoms with van der Waals surface area (Å²) in [5.41, 5.74) is 25.0. The van der Waals surface area contributed by atoms with E-state index in [4.69, 9.17) is 0 Å². The van der Waals surface area contributed by atoms with Gasteiger partial charge in [0.25, 0.3) is 0 Å². The Labute approximate surface area is 738 Å². The molecule has 0 saturated heterocycles. The molecule has 0 atom stereocenters. The first-order valence-electron chi connectivity index (χ1n) is 47.6. The molecular weight excluding hydrogens is 1510 g/mol. The summed E-state index contributed by atoms with van der Waals surface area (Å²) >= 11 is 0. The van der Waals surface area contributed by atoms with Crippen LogP contribution in [0.2, 0.25) is 0 Å². The van der Waals surface area contributed by atoms with Crippen molar-refractivity contribution in [2.24, 2.45) is 0 Å². The minimum Gasteiger partial charge on any atom is -0.477 e. The SMILES string of the molecule is CCCCCCCCc1ccc(C2(c3ccc(CCCCCCCC)cc3)c3cc4c(cc3-c3cc5c(cc32)-c2cc3c(cc2C5(c2ccc(CCCCCCCC)cc2)c2ccc(CCCCCCCC)cc2)c2ccc(N(c5ccccc5)c5ccccc5)cc2n3CCCCCCCC)/C(=C(\C#N)C(=O)O)c2cc(/C=C(\C#N)C(=O)O)ccc2-4)cc1. The second-order valence-electron chi connectivity index (χ2n) is 35.7. The van der Waals surface area contributed by atoms with E-state index in [0.29, 0.717) is 16.7 Å². The number of rotatable bonds is 45. The number of fused-ring (bicyclic) bond motifs is 12. The number of aliphatic carboxylic acids is 2. The number of hydrogen-bond acceptors (Lipinski definition) is 5. The van der Waals surface area contributed by atoms with Crippen LogP contribution >= 0.6 is 0 Å². The maximum Gasteiger partial charge on any atom is 0.347 e. The number of carbonyl (C=O) groups is 2. The summed E-state index contributed by atoms with van der Waals surface area (Å²) in [7, 11) is 0. The van der Waals surface area contributed by atoms with Crippen LogP contribution in [0.15, 0.2) is 242 Å². The van der Waals surface area contributed by atoms with Crippen LogP contribution in [-0.2, 0) is 52.6 Å². The highest BCUT2D eigenvalue weighted by molar-refractivity contribution is 6.15. The average Bonchev–Trinajstić information content (AvgIpc) is 1.50. The molecule has 12 aromatic rings. The predicted molar refractivity (Wildman–Crippen MR) is 516 cm³/mol. The summed E-state index contributed by atoms with van der Waals surface area (Å²) < 4.78 is 2.67. The highest BCUT2D eigenvalue weighted by Crippen LogP contribution is 2.65. The Morgan fingerprint density at radius 3 is 1.10 bits per heavy atom. The Morgan fingerprint density at radius 2 is 0.702 bits per heavy atom. The van der Waals surface area contributed by atoms with Crippen molar-refractivity contribution in [2.45, 2.75) is 270 Å². The zero-order chi connectivity index (χ0) is 85.9. The third-order valence-corrected chi connectivity index (χ3v) is 27.5. The van der Waals surface area contributed by atoms with Crippen LogP contribution in [0.5, 0.6) is 0 Å². The van der Waals surface area contributed by atoms with Crippen molar-refractivity contribution >= 4 is 62.5 Å². The molecule has 0 saturated carbocycles. The number of benzene rings is 11. The van der Waals surface area contributed by atoms with Gasteiger partial charge in [-0.05, 0) is 260 Å². The van der Waals surface area contributed by atoms with Gasteiger partial charge in [0.15, 0.2) is 0 Å². The second kappa shape index (κ2) is 41.3. The standard InChI is InChI=1S/C116H126N4O4/c1-6-11-16-21-26-33-42-82-50-59-88(60-51-82)115(89-61-52-83(53-62-89)43-34-27-22-17-12-7-2)106-75-97-95-68-58-86(71-87(80-117)113(121)122)72-103(95)112(105(81-118)114(123)124)104(97)74-98(106)99-76-108-100(77-107(99)115)101-79-111-102(96-69-67-94(73-110(96)119(111)70-41-30-25-20-15-10-5)120(92-46-37-31-38-47-92)93-48-39-32-40-49-93)78-109(101)116(108,90-63-54-84(55-64-90)44-35-28-23-18-13-8-3)91-65-56-85(57-66-91)45-36-29-24-19-14-9-4/h31-32,37-40,46-69,71-79H,6-30,33-36,41-45,70H2,1-5H3,(H,121,122)(H,123,124)/b87-71+,112-105+. The number of carboxylic acids is 2. The van der Waals surface area contributed by atoms with Gasteiger partial charge in [0.2, 0.25) is 0 Å². The van der Waals surface area contributed by atoms with Crippen molar-refractivity contribution in [1.29, 1.82) is 10.5 Å². The van der Waals surface area contributed by atoms with E-state index in [0.717, 1.165) is 132 Å². The molecule has 0 spiro atoms. The molecule has 1 aromatic heterocycles. The Bertz CT molecular complexity index is 5710. The normalized spacial score (nSPS) is 13.6. The van der Waals surface area contributed by atoms with Crippen LogP contribution < -0.4 is 4.90 Å². The number of carboxylic acid groups (broad SMARTS) is 2. The molecule has 124 heavy (non-hydrogen) atoms. The molecule has 8 heteroatoms. The number of aryl methyl sites for hydroxylation is 5. The van der Waals surface area contributed by atoms with Gasteiger partial charge in [-0.25, -0.2) is 9.59 Å². The summed E-state index contributed by atoms with van der Waals surface area (Å²) in [5.74, 6) is -2.73. The van der Waals surface area contributed by atoms with E-state index < -0.39 is 33.9 Å². The number of unbranched alkanes of at least 4 members (excludes halogenated alkanes) is 25. The molecular formula is C116H126N4O4. The van der Waals surface area contributed by atoms with Crippen LogP contribution in [0.4, 0.5) is 17.1 Å². The van der Waals surface area contributed by atoms with Crippen LogP contribution in [0.1, 0.15) is 311 Å². The van der Waals surface area contributed by atoms with E-state index in [2.05, 4.69) is 262 Å². The molecule has 0 unspecified atom stereocenters. The topological polar surface area (TPSA) is 130 Å². The number of nitrogens with zero attached hydrogens (tertiary/aromatic N) is 4. The largest absolute Gasteiger partial charge is 0.477 e. The maximum atomic E-state index is 14.0. The van der Waals surface area contributed by atoms with Crippen molar-refractivity contribution < 1.29 is 19.8 Å². The minimum absolute atomic E-state index is 0.259. The van der Waals surface area contributed by atoms with E-state index >= 15 is 0 Å². The number of para-hydroxylation sites is 2.